The summed E-state index contributed by atoms with van der Waals surface area (Å²) in [5.41, 5.74) is 3.64. The fourth-order valence-corrected chi connectivity index (χ4v) is 3.61. The molecular formula is C23H21NO2. The maximum Gasteiger partial charge on any atom is 0.258 e. The van der Waals surface area contributed by atoms with E-state index in [2.05, 4.69) is 18.2 Å². The third kappa shape index (κ3) is 2.57. The number of likely N-dealkylation sites (N-methyl/N-ethyl adjacent to an activating group) is 1. The summed E-state index contributed by atoms with van der Waals surface area (Å²) in [5, 5.41) is 2.22. The van der Waals surface area contributed by atoms with Crippen LogP contribution in [-0.4, -0.2) is 19.1 Å². The number of amides is 1. The summed E-state index contributed by atoms with van der Waals surface area (Å²) < 4.78 is 5.86. The Labute approximate surface area is 153 Å². The molecule has 130 valence electrons. The Bertz CT molecular complexity index is 1020. The maximum atomic E-state index is 13.0. The fraction of sp³-hybridized carbons (Fsp3) is 0.174. The summed E-state index contributed by atoms with van der Waals surface area (Å²) in [4.78, 5) is 14.8. The zero-order valence-corrected chi connectivity index (χ0v) is 15.0. The van der Waals surface area contributed by atoms with Crippen LogP contribution in [-0.2, 0) is 4.79 Å². The Morgan fingerprint density at radius 2 is 1.73 bits per heavy atom. The van der Waals surface area contributed by atoms with E-state index < -0.39 is 0 Å². The number of nitrogens with zero attached hydrogens (tertiary/aromatic N) is 1. The topological polar surface area (TPSA) is 29.5 Å². The molecule has 1 aliphatic heterocycles. The van der Waals surface area contributed by atoms with Crippen molar-refractivity contribution >= 4 is 34.0 Å². The van der Waals surface area contributed by atoms with E-state index in [-0.39, 0.29) is 5.91 Å². The van der Waals surface area contributed by atoms with Crippen LogP contribution in [0.2, 0.25) is 0 Å². The third-order valence-corrected chi connectivity index (χ3v) is 4.80. The molecular weight excluding hydrogens is 322 g/mol. The first kappa shape index (κ1) is 16.4. The third-order valence-electron chi connectivity index (χ3n) is 4.80. The average Bonchev–Trinajstić information content (AvgIpc) is 2.95. The van der Waals surface area contributed by atoms with Crippen molar-refractivity contribution in [2.45, 2.75) is 13.8 Å². The summed E-state index contributed by atoms with van der Waals surface area (Å²) in [6.07, 6.45) is 1.99. The van der Waals surface area contributed by atoms with Gasteiger partial charge in [0.1, 0.15) is 5.75 Å². The van der Waals surface area contributed by atoms with Gasteiger partial charge in [0.05, 0.1) is 12.3 Å². The van der Waals surface area contributed by atoms with Crippen LogP contribution in [0.25, 0.3) is 22.4 Å². The summed E-state index contributed by atoms with van der Waals surface area (Å²) in [6, 6.07) is 20.2. The lowest BCUT2D eigenvalue weighted by molar-refractivity contribution is -0.112. The van der Waals surface area contributed by atoms with E-state index in [1.807, 2.05) is 67.3 Å². The number of para-hydroxylation sites is 1. The van der Waals surface area contributed by atoms with Gasteiger partial charge in [-0.05, 0) is 42.8 Å². The molecule has 1 heterocycles. The van der Waals surface area contributed by atoms with Crippen molar-refractivity contribution in [3.8, 4) is 5.75 Å². The van der Waals surface area contributed by atoms with Gasteiger partial charge in [0.15, 0.2) is 0 Å². The maximum absolute atomic E-state index is 13.0. The van der Waals surface area contributed by atoms with Gasteiger partial charge in [0, 0.05) is 23.2 Å². The highest BCUT2D eigenvalue weighted by Crippen LogP contribution is 2.39. The lowest BCUT2D eigenvalue weighted by Crippen LogP contribution is -2.25. The molecule has 0 aromatic heterocycles. The molecule has 0 spiro atoms. The first-order valence-corrected chi connectivity index (χ1v) is 9.02. The van der Waals surface area contributed by atoms with Gasteiger partial charge in [-0.2, -0.15) is 0 Å². The number of fused-ring (bicyclic) bond motifs is 2. The Morgan fingerprint density at radius 3 is 2.54 bits per heavy atom. The van der Waals surface area contributed by atoms with Crippen molar-refractivity contribution < 1.29 is 9.53 Å². The SMILES string of the molecule is CCOc1ccc2ccccc2c1/C=C1\C(=O)N(CC)c2ccccc21. The van der Waals surface area contributed by atoms with Gasteiger partial charge < -0.3 is 9.64 Å². The largest absolute Gasteiger partial charge is 0.493 e. The minimum atomic E-state index is 0.0454. The Kier molecular flexibility index (Phi) is 4.21. The molecule has 1 aliphatic rings. The molecule has 26 heavy (non-hydrogen) atoms. The van der Waals surface area contributed by atoms with E-state index >= 15 is 0 Å². The van der Waals surface area contributed by atoms with Crippen LogP contribution in [0.5, 0.6) is 5.75 Å². The highest BCUT2D eigenvalue weighted by molar-refractivity contribution is 6.36. The molecule has 0 saturated heterocycles. The predicted octanol–water partition coefficient (Wildman–Crippen LogP) is 5.15. The second kappa shape index (κ2) is 6.68. The summed E-state index contributed by atoms with van der Waals surface area (Å²) in [7, 11) is 0. The monoisotopic (exact) mass is 343 g/mol. The molecule has 3 nitrogen and oxygen atoms in total. The van der Waals surface area contributed by atoms with Gasteiger partial charge in [-0.1, -0.05) is 48.5 Å². The highest BCUT2D eigenvalue weighted by atomic mass is 16.5. The van der Waals surface area contributed by atoms with E-state index in [9.17, 15) is 4.79 Å². The Balaban J connectivity index is 1.96. The van der Waals surface area contributed by atoms with Crippen LogP contribution in [0.15, 0.2) is 60.7 Å². The highest BCUT2D eigenvalue weighted by Gasteiger charge is 2.31. The van der Waals surface area contributed by atoms with E-state index in [0.29, 0.717) is 13.2 Å². The van der Waals surface area contributed by atoms with Crippen LogP contribution in [0.1, 0.15) is 25.0 Å². The molecule has 0 bridgehead atoms. The number of anilines is 1. The normalized spacial score (nSPS) is 14.9. The minimum Gasteiger partial charge on any atom is -0.493 e. The van der Waals surface area contributed by atoms with Crippen molar-refractivity contribution in [3.05, 3.63) is 71.8 Å². The van der Waals surface area contributed by atoms with Gasteiger partial charge in [-0.25, -0.2) is 0 Å². The molecule has 0 fully saturated rings. The van der Waals surface area contributed by atoms with Crippen LogP contribution in [0.3, 0.4) is 0 Å². The van der Waals surface area contributed by atoms with E-state index in [1.54, 1.807) is 0 Å². The van der Waals surface area contributed by atoms with Gasteiger partial charge in [0.25, 0.3) is 5.91 Å². The molecule has 4 rings (SSSR count). The van der Waals surface area contributed by atoms with Gasteiger partial charge in [-0.3, -0.25) is 4.79 Å². The molecule has 0 N–H and O–H groups in total. The molecule has 0 aliphatic carbocycles. The average molecular weight is 343 g/mol. The van der Waals surface area contributed by atoms with Crippen LogP contribution < -0.4 is 9.64 Å². The Morgan fingerprint density at radius 1 is 0.962 bits per heavy atom. The number of ether oxygens (including phenoxy) is 1. The van der Waals surface area contributed by atoms with E-state index in [1.165, 1.54) is 0 Å². The van der Waals surface area contributed by atoms with Gasteiger partial charge >= 0.3 is 0 Å². The molecule has 0 radical (unpaired) electrons. The zero-order chi connectivity index (χ0) is 18.1. The molecule has 3 aromatic rings. The van der Waals surface area contributed by atoms with E-state index in [0.717, 1.165) is 38.9 Å². The zero-order valence-electron chi connectivity index (χ0n) is 15.0. The summed E-state index contributed by atoms with van der Waals surface area (Å²) in [6.45, 7) is 5.21. The molecule has 3 heteroatoms. The molecule has 0 atom stereocenters. The molecule has 1 amide bonds. The van der Waals surface area contributed by atoms with Crippen molar-refractivity contribution in [2.24, 2.45) is 0 Å². The Hall–Kier alpha value is -3.07. The first-order valence-electron chi connectivity index (χ1n) is 9.02. The summed E-state index contributed by atoms with van der Waals surface area (Å²) >= 11 is 0. The minimum absolute atomic E-state index is 0.0454. The molecule has 0 saturated carbocycles. The number of carbonyl (C=O) groups excluding carboxylic acids is 1. The standard InChI is InChI=1S/C23H21NO2/c1-3-24-21-12-8-7-11-18(21)20(23(24)25)15-19-17-10-6-5-9-16(17)13-14-22(19)26-4-2/h5-15H,3-4H2,1-2H3/b20-15-. The number of hydrogen-bond acceptors (Lipinski definition) is 2. The lowest BCUT2D eigenvalue weighted by Gasteiger charge is -2.13. The number of hydrogen-bond donors (Lipinski definition) is 0. The van der Waals surface area contributed by atoms with Crippen LogP contribution in [0, 0.1) is 0 Å². The smallest absolute Gasteiger partial charge is 0.258 e. The molecule has 0 unspecified atom stereocenters. The number of rotatable bonds is 4. The second-order valence-corrected chi connectivity index (χ2v) is 6.26. The van der Waals surface area contributed by atoms with Crippen molar-refractivity contribution in [3.63, 3.8) is 0 Å². The van der Waals surface area contributed by atoms with Crippen molar-refractivity contribution in [1.29, 1.82) is 0 Å². The molecule has 3 aromatic carbocycles. The summed E-state index contributed by atoms with van der Waals surface area (Å²) in [5.74, 6) is 0.850. The van der Waals surface area contributed by atoms with Crippen molar-refractivity contribution in [1.82, 2.24) is 0 Å². The van der Waals surface area contributed by atoms with E-state index in [4.69, 9.17) is 4.74 Å². The van der Waals surface area contributed by atoms with Crippen LogP contribution >= 0.6 is 0 Å². The second-order valence-electron chi connectivity index (χ2n) is 6.26. The predicted molar refractivity (Wildman–Crippen MR) is 107 cm³/mol. The quantitative estimate of drug-likeness (QED) is 0.614. The number of carbonyl (C=O) groups is 1. The number of benzene rings is 3. The van der Waals surface area contributed by atoms with Crippen molar-refractivity contribution in [2.75, 3.05) is 18.1 Å². The van der Waals surface area contributed by atoms with Gasteiger partial charge in [-0.15, -0.1) is 0 Å². The van der Waals surface area contributed by atoms with Gasteiger partial charge in [0.2, 0.25) is 0 Å². The lowest BCUT2D eigenvalue weighted by atomic mass is 9.98. The van der Waals surface area contributed by atoms with Crippen LogP contribution in [0.4, 0.5) is 5.69 Å². The first-order chi connectivity index (χ1) is 12.7. The fourth-order valence-electron chi connectivity index (χ4n) is 3.61.